The molecule has 0 radical (unpaired) electrons. The molecule has 0 saturated heterocycles. The summed E-state index contributed by atoms with van der Waals surface area (Å²) in [5, 5.41) is 12.3. The number of rotatable bonds is 4. The van der Waals surface area contributed by atoms with E-state index in [2.05, 4.69) is 10.3 Å². The van der Waals surface area contributed by atoms with Crippen molar-refractivity contribution < 1.29 is 14.3 Å². The molecule has 0 aliphatic carbocycles. The number of carbonyl (C=O) groups is 1. The number of carboxylic acids is 1. The smallest absolute Gasteiger partial charge is 0.339 e. The van der Waals surface area contributed by atoms with Gasteiger partial charge in [-0.15, -0.1) is 0 Å². The standard InChI is InChI=1S/C14H17N3O3/c1-7-4-11(9(3)20-7)8(2)17-13-12(14(18)19)5-10(15)6-16-13/h4-6,8H,15H2,1-3H3,(H,16,17)(H,18,19). The minimum Gasteiger partial charge on any atom is -0.478 e. The van der Waals surface area contributed by atoms with Crippen LogP contribution in [0.3, 0.4) is 0 Å². The van der Waals surface area contributed by atoms with E-state index in [9.17, 15) is 9.90 Å². The third kappa shape index (κ3) is 2.74. The second kappa shape index (κ2) is 5.24. The minimum absolute atomic E-state index is 0.0507. The van der Waals surface area contributed by atoms with Gasteiger partial charge in [0.25, 0.3) is 0 Å². The zero-order valence-corrected chi connectivity index (χ0v) is 11.6. The van der Waals surface area contributed by atoms with Crippen LogP contribution in [-0.2, 0) is 0 Å². The largest absolute Gasteiger partial charge is 0.478 e. The van der Waals surface area contributed by atoms with Gasteiger partial charge < -0.3 is 20.6 Å². The molecule has 2 heterocycles. The van der Waals surface area contributed by atoms with Crippen LogP contribution >= 0.6 is 0 Å². The molecule has 2 aromatic rings. The molecule has 20 heavy (non-hydrogen) atoms. The SMILES string of the molecule is Cc1cc(C(C)Nc2ncc(N)cc2C(=O)O)c(C)o1. The highest BCUT2D eigenvalue weighted by atomic mass is 16.4. The molecule has 0 amide bonds. The Labute approximate surface area is 116 Å². The number of aromatic nitrogens is 1. The average molecular weight is 275 g/mol. The van der Waals surface area contributed by atoms with E-state index in [0.29, 0.717) is 5.69 Å². The molecule has 0 bridgehead atoms. The topological polar surface area (TPSA) is 101 Å². The van der Waals surface area contributed by atoms with Gasteiger partial charge in [-0.2, -0.15) is 0 Å². The van der Waals surface area contributed by atoms with Crippen molar-refractivity contribution in [2.45, 2.75) is 26.8 Å². The van der Waals surface area contributed by atoms with Crippen LogP contribution in [-0.4, -0.2) is 16.1 Å². The van der Waals surface area contributed by atoms with Gasteiger partial charge >= 0.3 is 5.97 Å². The summed E-state index contributed by atoms with van der Waals surface area (Å²) < 4.78 is 5.47. The van der Waals surface area contributed by atoms with Gasteiger partial charge in [-0.3, -0.25) is 0 Å². The van der Waals surface area contributed by atoms with Crippen molar-refractivity contribution in [3.8, 4) is 0 Å². The molecule has 0 fully saturated rings. The van der Waals surface area contributed by atoms with Gasteiger partial charge in [-0.25, -0.2) is 9.78 Å². The number of hydrogen-bond acceptors (Lipinski definition) is 5. The van der Waals surface area contributed by atoms with Gasteiger partial charge in [-0.05, 0) is 32.9 Å². The fourth-order valence-electron chi connectivity index (χ4n) is 2.12. The average Bonchev–Trinajstić information content (AvgIpc) is 2.70. The Morgan fingerprint density at radius 1 is 1.45 bits per heavy atom. The number of nitrogens with one attached hydrogen (secondary N) is 1. The third-order valence-electron chi connectivity index (χ3n) is 3.04. The Hall–Kier alpha value is -2.50. The number of aromatic carboxylic acids is 1. The molecule has 0 saturated carbocycles. The first kappa shape index (κ1) is 13.9. The first-order valence-corrected chi connectivity index (χ1v) is 6.20. The Morgan fingerprint density at radius 2 is 2.15 bits per heavy atom. The van der Waals surface area contributed by atoms with Crippen LogP contribution in [0, 0.1) is 13.8 Å². The molecule has 106 valence electrons. The van der Waals surface area contributed by atoms with E-state index in [0.717, 1.165) is 17.1 Å². The van der Waals surface area contributed by atoms with Crippen LogP contribution in [0.2, 0.25) is 0 Å². The zero-order chi connectivity index (χ0) is 14.9. The van der Waals surface area contributed by atoms with Crippen LogP contribution in [0.25, 0.3) is 0 Å². The maximum Gasteiger partial charge on any atom is 0.339 e. The molecular weight excluding hydrogens is 258 g/mol. The van der Waals surface area contributed by atoms with Crippen molar-refractivity contribution >= 4 is 17.5 Å². The van der Waals surface area contributed by atoms with E-state index < -0.39 is 5.97 Å². The highest BCUT2D eigenvalue weighted by Crippen LogP contribution is 2.26. The van der Waals surface area contributed by atoms with E-state index in [1.54, 1.807) is 0 Å². The summed E-state index contributed by atoms with van der Waals surface area (Å²) in [7, 11) is 0. The van der Waals surface area contributed by atoms with Gasteiger partial charge in [0.15, 0.2) is 0 Å². The van der Waals surface area contributed by atoms with Gasteiger partial charge in [0.1, 0.15) is 22.9 Å². The Balaban J connectivity index is 2.30. The Bertz CT molecular complexity index is 649. The predicted molar refractivity (Wildman–Crippen MR) is 75.8 cm³/mol. The van der Waals surface area contributed by atoms with Crippen molar-refractivity contribution in [2.75, 3.05) is 11.1 Å². The molecule has 0 spiro atoms. The van der Waals surface area contributed by atoms with E-state index >= 15 is 0 Å². The second-order valence-corrected chi connectivity index (χ2v) is 4.70. The molecule has 6 heteroatoms. The summed E-state index contributed by atoms with van der Waals surface area (Å²) in [5.74, 6) is 0.835. The van der Waals surface area contributed by atoms with Crippen molar-refractivity contribution in [2.24, 2.45) is 0 Å². The van der Waals surface area contributed by atoms with Gasteiger partial charge in [-0.1, -0.05) is 0 Å². The zero-order valence-electron chi connectivity index (χ0n) is 11.6. The Morgan fingerprint density at radius 3 is 2.70 bits per heavy atom. The lowest BCUT2D eigenvalue weighted by Crippen LogP contribution is -2.13. The molecule has 1 atom stereocenters. The fraction of sp³-hybridized carbons (Fsp3) is 0.286. The molecule has 4 N–H and O–H groups in total. The number of hydrogen-bond donors (Lipinski definition) is 3. The molecular formula is C14H17N3O3. The maximum absolute atomic E-state index is 11.2. The molecule has 2 aromatic heterocycles. The van der Waals surface area contributed by atoms with E-state index in [1.807, 2.05) is 26.8 Å². The number of anilines is 2. The fourth-order valence-corrected chi connectivity index (χ4v) is 2.12. The summed E-state index contributed by atoms with van der Waals surface area (Å²) in [6.07, 6.45) is 1.43. The molecule has 6 nitrogen and oxygen atoms in total. The maximum atomic E-state index is 11.2. The van der Waals surface area contributed by atoms with E-state index in [-0.39, 0.29) is 17.4 Å². The number of nitrogens with two attached hydrogens (primary N) is 1. The molecule has 2 rings (SSSR count). The molecule has 0 aromatic carbocycles. The third-order valence-corrected chi connectivity index (χ3v) is 3.04. The van der Waals surface area contributed by atoms with Crippen LogP contribution in [0.15, 0.2) is 22.7 Å². The molecule has 0 aliphatic rings. The number of nitrogen functional groups attached to an aromatic ring is 1. The molecule has 1 unspecified atom stereocenters. The lowest BCUT2D eigenvalue weighted by atomic mass is 10.1. The predicted octanol–water partition coefficient (Wildman–Crippen LogP) is 2.74. The van der Waals surface area contributed by atoms with E-state index in [4.69, 9.17) is 10.2 Å². The van der Waals surface area contributed by atoms with Crippen LogP contribution < -0.4 is 11.1 Å². The normalized spacial score (nSPS) is 12.2. The van der Waals surface area contributed by atoms with Gasteiger partial charge in [0.05, 0.1) is 17.9 Å². The van der Waals surface area contributed by atoms with Crippen molar-refractivity contribution in [1.29, 1.82) is 0 Å². The summed E-state index contributed by atoms with van der Waals surface area (Å²) in [6, 6.07) is 3.18. The lowest BCUT2D eigenvalue weighted by molar-refractivity contribution is 0.0697. The van der Waals surface area contributed by atoms with Crippen molar-refractivity contribution in [3.63, 3.8) is 0 Å². The summed E-state index contributed by atoms with van der Waals surface area (Å²) in [6.45, 7) is 5.66. The first-order chi connectivity index (χ1) is 9.38. The summed E-state index contributed by atoms with van der Waals surface area (Å²) in [4.78, 5) is 15.3. The van der Waals surface area contributed by atoms with Crippen molar-refractivity contribution in [3.05, 3.63) is 41.0 Å². The highest BCUT2D eigenvalue weighted by Gasteiger charge is 2.17. The molecule has 0 aliphatic heterocycles. The summed E-state index contributed by atoms with van der Waals surface area (Å²) in [5.41, 5.74) is 6.90. The Kier molecular flexibility index (Phi) is 3.65. The summed E-state index contributed by atoms with van der Waals surface area (Å²) >= 11 is 0. The van der Waals surface area contributed by atoms with Crippen LogP contribution in [0.1, 0.15) is 40.4 Å². The number of aryl methyl sites for hydroxylation is 2. The number of pyridine rings is 1. The number of furan rings is 1. The lowest BCUT2D eigenvalue weighted by Gasteiger charge is -2.15. The monoisotopic (exact) mass is 275 g/mol. The van der Waals surface area contributed by atoms with Gasteiger partial charge in [0, 0.05) is 5.56 Å². The highest BCUT2D eigenvalue weighted by molar-refractivity contribution is 5.94. The quantitative estimate of drug-likeness (QED) is 0.793. The number of carboxylic acid groups (broad SMARTS) is 1. The van der Waals surface area contributed by atoms with Gasteiger partial charge in [0.2, 0.25) is 0 Å². The van der Waals surface area contributed by atoms with Crippen LogP contribution in [0.4, 0.5) is 11.5 Å². The number of nitrogens with zero attached hydrogens (tertiary/aromatic N) is 1. The first-order valence-electron chi connectivity index (χ1n) is 6.20. The van der Waals surface area contributed by atoms with E-state index in [1.165, 1.54) is 12.3 Å². The minimum atomic E-state index is -1.07. The second-order valence-electron chi connectivity index (χ2n) is 4.70. The van der Waals surface area contributed by atoms with Crippen LogP contribution in [0.5, 0.6) is 0 Å². The van der Waals surface area contributed by atoms with Crippen molar-refractivity contribution in [1.82, 2.24) is 4.98 Å².